The smallest absolute Gasteiger partial charge is 0.336 e. The first-order valence-corrected chi connectivity index (χ1v) is 9.06. The van der Waals surface area contributed by atoms with Gasteiger partial charge in [-0.05, 0) is 37.1 Å². The van der Waals surface area contributed by atoms with Crippen LogP contribution in [0, 0.1) is 6.92 Å². The molecule has 136 valence electrons. The molecule has 27 heavy (non-hydrogen) atoms. The van der Waals surface area contributed by atoms with Crippen molar-refractivity contribution in [3.63, 3.8) is 0 Å². The number of hydrogen-bond acceptors (Lipinski definition) is 2. The van der Waals surface area contributed by atoms with E-state index in [-0.39, 0.29) is 0 Å². The maximum Gasteiger partial charge on any atom is 0.336 e. The third kappa shape index (κ3) is 2.83. The minimum Gasteiger partial charge on any atom is -0.491 e. The van der Waals surface area contributed by atoms with Crippen LogP contribution in [0.15, 0.2) is 60.7 Å². The number of aryl methyl sites for hydroxylation is 1. The average molecular weight is 359 g/mol. The molecule has 0 spiro atoms. The predicted octanol–water partition coefficient (Wildman–Crippen LogP) is 5.25. The van der Waals surface area contributed by atoms with E-state index in [9.17, 15) is 9.90 Å². The van der Waals surface area contributed by atoms with Gasteiger partial charge in [-0.25, -0.2) is 4.79 Å². The van der Waals surface area contributed by atoms with E-state index in [0.29, 0.717) is 18.7 Å². The van der Waals surface area contributed by atoms with Crippen LogP contribution < -0.4 is 4.74 Å². The molecule has 0 atom stereocenters. The van der Waals surface area contributed by atoms with E-state index in [2.05, 4.69) is 16.7 Å². The average Bonchev–Trinajstić information content (AvgIpc) is 2.99. The van der Waals surface area contributed by atoms with Crippen LogP contribution in [-0.4, -0.2) is 22.2 Å². The highest BCUT2D eigenvalue weighted by atomic mass is 16.5. The Balaban J connectivity index is 2.15. The Morgan fingerprint density at radius 3 is 2.48 bits per heavy atom. The van der Waals surface area contributed by atoms with E-state index < -0.39 is 5.97 Å². The van der Waals surface area contributed by atoms with Crippen LogP contribution in [0.1, 0.15) is 28.4 Å². The Hall–Kier alpha value is -3.27. The number of ether oxygens (including phenoxy) is 1. The predicted molar refractivity (Wildman–Crippen MR) is 108 cm³/mol. The monoisotopic (exact) mass is 359 g/mol. The molecule has 0 aliphatic rings. The van der Waals surface area contributed by atoms with Crippen LogP contribution in [0.3, 0.4) is 0 Å². The van der Waals surface area contributed by atoms with Crippen LogP contribution in [0.5, 0.6) is 5.75 Å². The summed E-state index contributed by atoms with van der Waals surface area (Å²) < 4.78 is 8.15. The van der Waals surface area contributed by atoms with Crippen molar-refractivity contribution in [2.75, 3.05) is 6.61 Å². The summed E-state index contributed by atoms with van der Waals surface area (Å²) in [6.07, 6.45) is 0. The molecule has 0 saturated heterocycles. The van der Waals surface area contributed by atoms with E-state index in [4.69, 9.17) is 4.74 Å². The summed E-state index contributed by atoms with van der Waals surface area (Å²) in [5.41, 5.74) is 4.15. The van der Waals surface area contributed by atoms with Crippen molar-refractivity contribution in [1.29, 1.82) is 0 Å². The van der Waals surface area contributed by atoms with Crippen molar-refractivity contribution in [1.82, 2.24) is 4.57 Å². The molecular formula is C23H21NO3. The molecule has 0 fully saturated rings. The van der Waals surface area contributed by atoms with Gasteiger partial charge < -0.3 is 14.4 Å². The zero-order chi connectivity index (χ0) is 19.0. The standard InChI is InChI=1S/C23H21NO3/c1-3-27-22-15(2)13-18(23(25)26)20-17-11-7-8-12-19(17)24(21(20)22)14-16-9-5-4-6-10-16/h4-13H,3,14H2,1-2H3,(H,25,26). The van der Waals surface area contributed by atoms with Crippen molar-refractivity contribution in [3.05, 3.63) is 77.4 Å². The second-order valence-corrected chi connectivity index (χ2v) is 6.62. The van der Waals surface area contributed by atoms with E-state index in [1.54, 1.807) is 6.07 Å². The molecule has 4 aromatic rings. The quantitative estimate of drug-likeness (QED) is 0.529. The van der Waals surface area contributed by atoms with Crippen LogP contribution in [0.4, 0.5) is 0 Å². The lowest BCUT2D eigenvalue weighted by Crippen LogP contribution is -2.05. The van der Waals surface area contributed by atoms with Gasteiger partial charge in [-0.3, -0.25) is 0 Å². The summed E-state index contributed by atoms with van der Waals surface area (Å²) in [6.45, 7) is 5.02. The highest BCUT2D eigenvalue weighted by Gasteiger charge is 2.23. The van der Waals surface area contributed by atoms with Gasteiger partial charge in [-0.2, -0.15) is 0 Å². The molecule has 0 aliphatic carbocycles. The Morgan fingerprint density at radius 2 is 1.78 bits per heavy atom. The van der Waals surface area contributed by atoms with Gasteiger partial charge in [0.25, 0.3) is 0 Å². The molecule has 0 aliphatic heterocycles. The van der Waals surface area contributed by atoms with Gasteiger partial charge in [0.05, 0.1) is 17.7 Å². The van der Waals surface area contributed by atoms with Crippen molar-refractivity contribution >= 4 is 27.8 Å². The van der Waals surface area contributed by atoms with Crippen LogP contribution in [0.25, 0.3) is 21.8 Å². The normalized spacial score (nSPS) is 11.2. The van der Waals surface area contributed by atoms with Crippen LogP contribution in [0.2, 0.25) is 0 Å². The van der Waals surface area contributed by atoms with Crippen molar-refractivity contribution < 1.29 is 14.6 Å². The van der Waals surface area contributed by atoms with Crippen molar-refractivity contribution in [3.8, 4) is 5.75 Å². The van der Waals surface area contributed by atoms with Gasteiger partial charge in [0.2, 0.25) is 0 Å². The maximum absolute atomic E-state index is 12.0. The maximum atomic E-state index is 12.0. The lowest BCUT2D eigenvalue weighted by Gasteiger charge is -2.15. The fourth-order valence-corrected chi connectivity index (χ4v) is 3.78. The van der Waals surface area contributed by atoms with Gasteiger partial charge in [-0.1, -0.05) is 48.5 Å². The highest BCUT2D eigenvalue weighted by Crippen LogP contribution is 2.40. The molecule has 1 heterocycles. The molecule has 3 aromatic carbocycles. The summed E-state index contributed by atoms with van der Waals surface area (Å²) >= 11 is 0. The number of para-hydroxylation sites is 1. The van der Waals surface area contributed by atoms with Crippen molar-refractivity contribution in [2.45, 2.75) is 20.4 Å². The Labute approximate surface area is 157 Å². The molecule has 1 N–H and O–H groups in total. The Kier molecular flexibility index (Phi) is 4.32. The second-order valence-electron chi connectivity index (χ2n) is 6.62. The number of nitrogens with zero attached hydrogens (tertiary/aromatic N) is 1. The Bertz CT molecular complexity index is 1140. The molecule has 0 bridgehead atoms. The number of rotatable bonds is 5. The molecular weight excluding hydrogens is 338 g/mol. The summed E-state index contributed by atoms with van der Waals surface area (Å²) in [7, 11) is 0. The molecule has 4 rings (SSSR count). The van der Waals surface area contributed by atoms with E-state index >= 15 is 0 Å². The van der Waals surface area contributed by atoms with E-state index in [1.807, 2.05) is 56.3 Å². The van der Waals surface area contributed by atoms with Gasteiger partial charge in [0.1, 0.15) is 5.75 Å². The fourth-order valence-electron chi connectivity index (χ4n) is 3.78. The summed E-state index contributed by atoms with van der Waals surface area (Å²) in [4.78, 5) is 12.0. The lowest BCUT2D eigenvalue weighted by molar-refractivity contribution is 0.0699. The third-order valence-corrected chi connectivity index (χ3v) is 4.88. The van der Waals surface area contributed by atoms with Crippen LogP contribution in [-0.2, 0) is 6.54 Å². The summed E-state index contributed by atoms with van der Waals surface area (Å²) in [6, 6.07) is 19.8. The van der Waals surface area contributed by atoms with Crippen LogP contribution >= 0.6 is 0 Å². The summed E-state index contributed by atoms with van der Waals surface area (Å²) in [5.74, 6) is -0.168. The summed E-state index contributed by atoms with van der Waals surface area (Å²) in [5, 5.41) is 11.5. The molecule has 4 nitrogen and oxygen atoms in total. The third-order valence-electron chi connectivity index (χ3n) is 4.88. The topological polar surface area (TPSA) is 51.5 Å². The number of fused-ring (bicyclic) bond motifs is 3. The number of hydrogen-bond donors (Lipinski definition) is 1. The van der Waals surface area contributed by atoms with Gasteiger partial charge in [0.15, 0.2) is 0 Å². The SMILES string of the molecule is CCOc1c(C)cc(C(=O)O)c2c3ccccc3n(Cc3ccccc3)c12. The number of aromatic nitrogens is 1. The molecule has 0 amide bonds. The van der Waals surface area contributed by atoms with Gasteiger partial charge in [0, 0.05) is 22.8 Å². The fraction of sp³-hybridized carbons (Fsp3) is 0.174. The first-order chi connectivity index (χ1) is 13.1. The van der Waals surface area contributed by atoms with Crippen molar-refractivity contribution in [2.24, 2.45) is 0 Å². The first kappa shape index (κ1) is 17.2. The van der Waals surface area contributed by atoms with E-state index in [0.717, 1.165) is 38.7 Å². The second kappa shape index (κ2) is 6.80. The number of carbonyl (C=O) groups is 1. The number of carboxylic acids is 1. The molecule has 1 aromatic heterocycles. The lowest BCUT2D eigenvalue weighted by atomic mass is 10.0. The number of aromatic carboxylic acids is 1. The van der Waals surface area contributed by atoms with E-state index in [1.165, 1.54) is 0 Å². The molecule has 0 unspecified atom stereocenters. The molecule has 0 radical (unpaired) electrons. The van der Waals surface area contributed by atoms with Gasteiger partial charge >= 0.3 is 5.97 Å². The minimum atomic E-state index is -0.922. The zero-order valence-corrected chi connectivity index (χ0v) is 15.4. The zero-order valence-electron chi connectivity index (χ0n) is 15.4. The molecule has 4 heteroatoms. The minimum absolute atomic E-state index is 0.314. The Morgan fingerprint density at radius 1 is 1.07 bits per heavy atom. The highest BCUT2D eigenvalue weighted by molar-refractivity contribution is 6.18. The first-order valence-electron chi connectivity index (χ1n) is 9.06. The molecule has 0 saturated carbocycles. The van der Waals surface area contributed by atoms with Gasteiger partial charge in [-0.15, -0.1) is 0 Å². The largest absolute Gasteiger partial charge is 0.491 e. The number of benzene rings is 3. The number of carboxylic acid groups (broad SMARTS) is 1.